The number of nitrogens with zero attached hydrogens (tertiary/aromatic N) is 2. The molecule has 1 aliphatic carbocycles. The number of rotatable bonds is 4. The molecule has 100 valence electrons. The van der Waals surface area contributed by atoms with Crippen molar-refractivity contribution in [3.63, 3.8) is 0 Å². The van der Waals surface area contributed by atoms with E-state index < -0.39 is 0 Å². The van der Waals surface area contributed by atoms with E-state index in [1.807, 2.05) is 24.9 Å². The lowest BCUT2D eigenvalue weighted by molar-refractivity contribution is 0.472. The van der Waals surface area contributed by atoms with Crippen LogP contribution in [0.5, 0.6) is 0 Å². The molecule has 0 radical (unpaired) electrons. The molecule has 1 aromatic heterocycles. The van der Waals surface area contributed by atoms with E-state index >= 15 is 0 Å². The van der Waals surface area contributed by atoms with Crippen LogP contribution in [-0.4, -0.2) is 34.6 Å². The van der Waals surface area contributed by atoms with E-state index in [-0.39, 0.29) is 0 Å². The fourth-order valence-electron chi connectivity index (χ4n) is 2.32. The Morgan fingerprint density at radius 2 is 1.89 bits per heavy atom. The van der Waals surface area contributed by atoms with Crippen molar-refractivity contribution >= 4 is 29.3 Å². The van der Waals surface area contributed by atoms with Gasteiger partial charge in [0.05, 0.1) is 0 Å². The van der Waals surface area contributed by atoms with Crippen molar-refractivity contribution in [3.8, 4) is 0 Å². The minimum atomic E-state index is 0.308. The maximum Gasteiger partial charge on any atom is 0.223 e. The summed E-state index contributed by atoms with van der Waals surface area (Å²) < 4.78 is 0. The van der Waals surface area contributed by atoms with Gasteiger partial charge in [-0.3, -0.25) is 0 Å². The highest BCUT2D eigenvalue weighted by Crippen LogP contribution is 2.28. The van der Waals surface area contributed by atoms with Gasteiger partial charge in [-0.15, -0.1) is 0 Å². The number of aromatic nitrogens is 2. The van der Waals surface area contributed by atoms with Crippen molar-refractivity contribution in [1.82, 2.24) is 9.97 Å². The number of thioether (sulfide) groups is 1. The molecule has 1 aromatic rings. The second-order valence-corrected chi connectivity index (χ2v) is 5.74. The quantitative estimate of drug-likeness (QED) is 0.776. The lowest BCUT2D eigenvalue weighted by Gasteiger charge is -2.28. The third-order valence-corrected chi connectivity index (χ3v) is 4.50. The number of hydrogen-bond acceptors (Lipinski definition) is 6. The second-order valence-electron chi connectivity index (χ2n) is 4.60. The van der Waals surface area contributed by atoms with E-state index in [1.54, 1.807) is 0 Å². The van der Waals surface area contributed by atoms with Crippen LogP contribution >= 0.6 is 11.8 Å². The van der Waals surface area contributed by atoms with E-state index in [4.69, 9.17) is 5.73 Å². The number of hydrogen-bond donors (Lipinski definition) is 3. The van der Waals surface area contributed by atoms with Crippen LogP contribution in [-0.2, 0) is 0 Å². The first-order chi connectivity index (χ1) is 8.71. The van der Waals surface area contributed by atoms with Gasteiger partial charge < -0.3 is 16.4 Å². The molecule has 0 aromatic carbocycles. The summed E-state index contributed by atoms with van der Waals surface area (Å²) in [6.07, 6.45) is 7.15. The van der Waals surface area contributed by atoms with Gasteiger partial charge in [0.1, 0.15) is 11.6 Å². The molecule has 4 N–H and O–H groups in total. The molecule has 5 nitrogen and oxygen atoms in total. The fraction of sp³-hybridized carbons (Fsp3) is 0.667. The van der Waals surface area contributed by atoms with Crippen LogP contribution in [0, 0.1) is 0 Å². The van der Waals surface area contributed by atoms with E-state index in [0.717, 1.165) is 16.9 Å². The van der Waals surface area contributed by atoms with Gasteiger partial charge in [0.15, 0.2) is 0 Å². The van der Waals surface area contributed by atoms with Crippen molar-refractivity contribution in [1.29, 1.82) is 0 Å². The Bertz CT molecular complexity index is 390. The third kappa shape index (κ3) is 3.41. The maximum atomic E-state index is 5.68. The smallest absolute Gasteiger partial charge is 0.223 e. The van der Waals surface area contributed by atoms with E-state index in [0.29, 0.717) is 12.0 Å². The van der Waals surface area contributed by atoms with Crippen LogP contribution in [0.25, 0.3) is 0 Å². The summed E-state index contributed by atoms with van der Waals surface area (Å²) in [5.74, 6) is 1.88. The molecule has 0 aliphatic heterocycles. The van der Waals surface area contributed by atoms with Gasteiger partial charge in [-0.1, -0.05) is 0 Å². The lowest BCUT2D eigenvalue weighted by Crippen LogP contribution is -2.27. The summed E-state index contributed by atoms with van der Waals surface area (Å²) >= 11 is 1.98. The predicted molar refractivity (Wildman–Crippen MR) is 79.2 cm³/mol. The summed E-state index contributed by atoms with van der Waals surface area (Å²) in [6, 6.07) is 2.41. The molecule has 0 unspecified atom stereocenters. The van der Waals surface area contributed by atoms with E-state index in [1.165, 1.54) is 25.7 Å². The first-order valence-electron chi connectivity index (χ1n) is 6.33. The van der Waals surface area contributed by atoms with Gasteiger partial charge in [-0.05, 0) is 31.9 Å². The molecule has 2 rings (SSSR count). The van der Waals surface area contributed by atoms with Crippen molar-refractivity contribution in [2.45, 2.75) is 37.0 Å². The average Bonchev–Trinajstić information content (AvgIpc) is 2.39. The molecule has 1 fully saturated rings. The van der Waals surface area contributed by atoms with Gasteiger partial charge in [0.25, 0.3) is 0 Å². The predicted octanol–water partition coefficient (Wildman–Crippen LogP) is 2.19. The van der Waals surface area contributed by atoms with Crippen molar-refractivity contribution in [2.75, 3.05) is 29.7 Å². The second kappa shape index (κ2) is 6.13. The van der Waals surface area contributed by atoms with Gasteiger partial charge in [0, 0.05) is 24.4 Å². The Balaban J connectivity index is 1.95. The molecule has 1 heterocycles. The summed E-state index contributed by atoms with van der Waals surface area (Å²) in [7, 11) is 1.83. The Labute approximate surface area is 112 Å². The molecule has 0 bridgehead atoms. The Morgan fingerprint density at radius 1 is 1.22 bits per heavy atom. The van der Waals surface area contributed by atoms with Crippen LogP contribution in [0.15, 0.2) is 6.07 Å². The normalized spacial score (nSPS) is 23.7. The van der Waals surface area contributed by atoms with Crippen LogP contribution in [0.4, 0.5) is 17.6 Å². The number of nitrogens with one attached hydrogen (secondary N) is 2. The Kier molecular flexibility index (Phi) is 4.52. The van der Waals surface area contributed by atoms with Crippen LogP contribution in [0.3, 0.4) is 0 Å². The van der Waals surface area contributed by atoms with Crippen LogP contribution in [0.2, 0.25) is 0 Å². The molecule has 18 heavy (non-hydrogen) atoms. The summed E-state index contributed by atoms with van der Waals surface area (Å²) in [6.45, 7) is 0. The molecule has 0 spiro atoms. The van der Waals surface area contributed by atoms with Crippen molar-refractivity contribution in [2.24, 2.45) is 0 Å². The Morgan fingerprint density at radius 3 is 2.50 bits per heavy atom. The number of anilines is 3. The minimum absolute atomic E-state index is 0.308. The first kappa shape index (κ1) is 13.3. The highest BCUT2D eigenvalue weighted by molar-refractivity contribution is 7.99. The van der Waals surface area contributed by atoms with Gasteiger partial charge in [-0.2, -0.15) is 21.7 Å². The highest BCUT2D eigenvalue weighted by atomic mass is 32.2. The topological polar surface area (TPSA) is 75.9 Å². The molecule has 0 saturated heterocycles. The standard InChI is InChI=1S/C12H21N5S/c1-14-10-7-11(17-12(13)16-10)15-8-3-5-9(18-2)6-4-8/h7-9H,3-6H2,1-2H3,(H4,13,14,15,16,17). The molecular weight excluding hydrogens is 246 g/mol. The molecule has 1 saturated carbocycles. The fourth-order valence-corrected chi connectivity index (χ4v) is 3.06. The number of nitrogen functional groups attached to an aromatic ring is 1. The van der Waals surface area contributed by atoms with Gasteiger partial charge in [-0.25, -0.2) is 0 Å². The van der Waals surface area contributed by atoms with Gasteiger partial charge in [0.2, 0.25) is 5.95 Å². The SMILES string of the molecule is CNc1cc(NC2CCC(SC)CC2)nc(N)n1. The highest BCUT2D eigenvalue weighted by Gasteiger charge is 2.20. The van der Waals surface area contributed by atoms with E-state index in [9.17, 15) is 0 Å². The number of nitrogens with two attached hydrogens (primary N) is 1. The largest absolute Gasteiger partial charge is 0.373 e. The lowest BCUT2D eigenvalue weighted by atomic mass is 9.95. The van der Waals surface area contributed by atoms with Crippen molar-refractivity contribution < 1.29 is 0 Å². The molecule has 6 heteroatoms. The molecule has 1 aliphatic rings. The van der Waals surface area contributed by atoms with E-state index in [2.05, 4.69) is 26.9 Å². The van der Waals surface area contributed by atoms with Gasteiger partial charge >= 0.3 is 0 Å². The Hall–Kier alpha value is -1.17. The summed E-state index contributed by atoms with van der Waals surface area (Å²) in [5.41, 5.74) is 5.68. The monoisotopic (exact) mass is 267 g/mol. The first-order valence-corrected chi connectivity index (χ1v) is 7.61. The zero-order valence-electron chi connectivity index (χ0n) is 10.9. The summed E-state index contributed by atoms with van der Waals surface area (Å²) in [4.78, 5) is 8.31. The van der Waals surface area contributed by atoms with Crippen LogP contribution in [0.1, 0.15) is 25.7 Å². The minimum Gasteiger partial charge on any atom is -0.373 e. The average molecular weight is 267 g/mol. The zero-order valence-corrected chi connectivity index (χ0v) is 11.8. The molecule has 0 atom stereocenters. The summed E-state index contributed by atoms with van der Waals surface area (Å²) in [5, 5.41) is 7.27. The molecule has 0 amide bonds. The maximum absolute atomic E-state index is 5.68. The zero-order chi connectivity index (χ0) is 13.0. The third-order valence-electron chi connectivity index (χ3n) is 3.36. The van der Waals surface area contributed by atoms with Crippen molar-refractivity contribution in [3.05, 3.63) is 6.07 Å². The van der Waals surface area contributed by atoms with Crippen LogP contribution < -0.4 is 16.4 Å². The molecular formula is C12H21N5S.